The summed E-state index contributed by atoms with van der Waals surface area (Å²) >= 11 is 6.43. The van der Waals surface area contributed by atoms with Crippen molar-refractivity contribution in [1.29, 1.82) is 0 Å². The summed E-state index contributed by atoms with van der Waals surface area (Å²) in [5.74, 6) is -4.00. The molecule has 4 N–H and O–H groups in total. The van der Waals surface area contributed by atoms with E-state index in [0.717, 1.165) is 35.3 Å². The average Bonchev–Trinajstić information content (AvgIpc) is 3.38. The fourth-order valence-electron chi connectivity index (χ4n) is 5.83. The quantitative estimate of drug-likeness (QED) is 0.533. The molecule has 3 heterocycles. The van der Waals surface area contributed by atoms with Crippen LogP contribution in [0.1, 0.15) is 42.9 Å². The highest BCUT2D eigenvalue weighted by molar-refractivity contribution is 6.35. The molecule has 2 aromatic rings. The summed E-state index contributed by atoms with van der Waals surface area (Å²) in [6.45, 7) is 3.96. The molecule has 0 unspecified atom stereocenters. The lowest BCUT2D eigenvalue weighted by Gasteiger charge is -2.29. The number of halogens is 1. The lowest BCUT2D eigenvalue weighted by molar-refractivity contribution is -0.130. The molecule has 8 nitrogen and oxygen atoms in total. The molecule has 0 saturated carbocycles. The van der Waals surface area contributed by atoms with Crippen LogP contribution in [0.3, 0.4) is 0 Å². The maximum atomic E-state index is 13.9. The number of unbranched alkanes of at least 4 members (excludes halogenated alkanes) is 1. The highest BCUT2D eigenvalue weighted by Gasteiger charge is 2.71. The van der Waals surface area contributed by atoms with Crippen molar-refractivity contribution >= 4 is 46.6 Å². The molecular weight excluding hydrogens is 468 g/mol. The zero-order valence-electron chi connectivity index (χ0n) is 19.6. The second-order valence-corrected chi connectivity index (χ2v) is 10.0. The molecule has 2 saturated heterocycles. The molecule has 5 rings (SSSR count). The standard InChI is InChI=1S/C26H27ClN4O4/c1-3-4-5-14-6-8-15(9-7-14)31-23(33)20-18(12-19(28)32)30-26(21(20)24(31)34)16-10-13(2)11-17(27)22(16)29-25(26)35/h6-11,18,20-21,30H,3-5,12H2,1-2H3,(H2,28,32)(H,29,35)/t18-,20+,21-,26-/m1/s1. The van der Waals surface area contributed by atoms with E-state index in [4.69, 9.17) is 17.3 Å². The predicted octanol–water partition coefficient (Wildman–Crippen LogP) is 2.79. The Kier molecular flexibility index (Phi) is 5.68. The number of aryl methyl sites for hydroxylation is 2. The van der Waals surface area contributed by atoms with Gasteiger partial charge in [-0.1, -0.05) is 43.1 Å². The van der Waals surface area contributed by atoms with Crippen LogP contribution in [-0.4, -0.2) is 29.7 Å². The van der Waals surface area contributed by atoms with E-state index >= 15 is 0 Å². The topological polar surface area (TPSA) is 122 Å². The van der Waals surface area contributed by atoms with Crippen LogP contribution < -0.4 is 21.3 Å². The van der Waals surface area contributed by atoms with Gasteiger partial charge in [-0.2, -0.15) is 0 Å². The van der Waals surface area contributed by atoms with E-state index in [1.165, 1.54) is 0 Å². The summed E-state index contributed by atoms with van der Waals surface area (Å²) in [4.78, 5) is 54.2. The number of amides is 4. The van der Waals surface area contributed by atoms with Crippen LogP contribution in [0.4, 0.5) is 11.4 Å². The van der Waals surface area contributed by atoms with Gasteiger partial charge in [0.1, 0.15) is 5.54 Å². The second-order valence-electron chi connectivity index (χ2n) is 9.64. The monoisotopic (exact) mass is 494 g/mol. The Balaban J connectivity index is 1.61. The van der Waals surface area contributed by atoms with Crippen molar-refractivity contribution < 1.29 is 19.2 Å². The number of carbonyl (C=O) groups excluding carboxylic acids is 4. The van der Waals surface area contributed by atoms with Crippen molar-refractivity contribution in [2.45, 2.75) is 51.1 Å². The third kappa shape index (κ3) is 3.46. The second kappa shape index (κ2) is 8.46. The van der Waals surface area contributed by atoms with Gasteiger partial charge in [0.15, 0.2) is 0 Å². The molecule has 3 aliphatic heterocycles. The van der Waals surface area contributed by atoms with Crippen molar-refractivity contribution in [2.24, 2.45) is 17.6 Å². The lowest BCUT2D eigenvalue weighted by atomic mass is 9.76. The summed E-state index contributed by atoms with van der Waals surface area (Å²) in [5, 5.41) is 6.33. The predicted molar refractivity (Wildman–Crippen MR) is 132 cm³/mol. The van der Waals surface area contributed by atoms with Crippen LogP contribution in [0.15, 0.2) is 36.4 Å². The molecule has 35 heavy (non-hydrogen) atoms. The summed E-state index contributed by atoms with van der Waals surface area (Å²) in [6.07, 6.45) is 2.84. The minimum absolute atomic E-state index is 0.187. The Morgan fingerprint density at radius 3 is 2.51 bits per heavy atom. The van der Waals surface area contributed by atoms with Crippen molar-refractivity contribution in [1.82, 2.24) is 5.32 Å². The van der Waals surface area contributed by atoms with E-state index in [0.29, 0.717) is 22.0 Å². The van der Waals surface area contributed by atoms with Gasteiger partial charge in [-0.25, -0.2) is 4.90 Å². The first-order valence-corrected chi connectivity index (χ1v) is 12.2. The molecule has 4 amide bonds. The summed E-state index contributed by atoms with van der Waals surface area (Å²) in [5.41, 5.74) is 7.25. The number of fused-ring (bicyclic) bond motifs is 4. The van der Waals surface area contributed by atoms with Gasteiger partial charge in [-0.3, -0.25) is 24.5 Å². The Morgan fingerprint density at radius 2 is 1.86 bits per heavy atom. The largest absolute Gasteiger partial charge is 0.370 e. The summed E-state index contributed by atoms with van der Waals surface area (Å²) < 4.78 is 0. The molecule has 4 atom stereocenters. The number of nitrogens with one attached hydrogen (secondary N) is 2. The van der Waals surface area contributed by atoms with Crippen LogP contribution >= 0.6 is 11.6 Å². The molecule has 0 radical (unpaired) electrons. The molecule has 3 aliphatic rings. The van der Waals surface area contributed by atoms with Gasteiger partial charge < -0.3 is 11.1 Å². The number of imide groups is 1. The Labute approximate surface area is 208 Å². The fraction of sp³-hybridized carbons (Fsp3) is 0.385. The van der Waals surface area contributed by atoms with Gasteiger partial charge in [-0.15, -0.1) is 0 Å². The van der Waals surface area contributed by atoms with Gasteiger partial charge in [0.05, 0.1) is 28.2 Å². The number of hydrogen-bond donors (Lipinski definition) is 3. The Morgan fingerprint density at radius 1 is 1.14 bits per heavy atom. The van der Waals surface area contributed by atoms with E-state index in [9.17, 15) is 19.2 Å². The molecule has 2 fully saturated rings. The summed E-state index contributed by atoms with van der Waals surface area (Å²) in [7, 11) is 0. The molecule has 1 spiro atoms. The molecule has 9 heteroatoms. The number of nitrogens with two attached hydrogens (primary N) is 1. The summed E-state index contributed by atoms with van der Waals surface area (Å²) in [6, 6.07) is 10.1. The van der Waals surface area contributed by atoms with Crippen molar-refractivity contribution in [3.05, 3.63) is 58.1 Å². The van der Waals surface area contributed by atoms with E-state index < -0.39 is 47.0 Å². The Hall–Kier alpha value is -3.23. The third-order valence-electron chi connectivity index (χ3n) is 7.35. The molecule has 2 aromatic carbocycles. The molecule has 182 valence electrons. The highest BCUT2D eigenvalue weighted by atomic mass is 35.5. The first-order valence-electron chi connectivity index (χ1n) is 11.8. The van der Waals surface area contributed by atoms with Crippen molar-refractivity contribution in [2.75, 3.05) is 10.2 Å². The van der Waals surface area contributed by atoms with E-state index in [1.54, 1.807) is 24.3 Å². The number of hydrogen-bond acceptors (Lipinski definition) is 5. The lowest BCUT2D eigenvalue weighted by Crippen LogP contribution is -2.53. The number of primary amides is 1. The van der Waals surface area contributed by atoms with Crippen molar-refractivity contribution in [3.8, 4) is 0 Å². The normalized spacial score (nSPS) is 26.9. The van der Waals surface area contributed by atoms with Crippen LogP contribution in [0.2, 0.25) is 5.02 Å². The van der Waals surface area contributed by atoms with Gasteiger partial charge in [0, 0.05) is 18.0 Å². The fourth-order valence-corrected chi connectivity index (χ4v) is 6.15. The van der Waals surface area contributed by atoms with Crippen molar-refractivity contribution in [3.63, 3.8) is 0 Å². The number of nitrogens with zero attached hydrogens (tertiary/aromatic N) is 1. The van der Waals surface area contributed by atoms with Gasteiger partial charge in [0.25, 0.3) is 0 Å². The van der Waals surface area contributed by atoms with E-state index in [2.05, 4.69) is 17.6 Å². The van der Waals surface area contributed by atoms with Crippen LogP contribution in [0.5, 0.6) is 0 Å². The van der Waals surface area contributed by atoms with Crippen LogP contribution in [0, 0.1) is 18.8 Å². The van der Waals surface area contributed by atoms with Gasteiger partial charge in [-0.05, 0) is 49.1 Å². The number of benzene rings is 2. The number of anilines is 2. The van der Waals surface area contributed by atoms with Crippen LogP contribution in [0.25, 0.3) is 0 Å². The average molecular weight is 495 g/mol. The maximum absolute atomic E-state index is 13.9. The minimum atomic E-state index is -1.53. The number of rotatable bonds is 6. The maximum Gasteiger partial charge on any atom is 0.250 e. The Bertz CT molecular complexity index is 1260. The molecule has 0 aliphatic carbocycles. The SMILES string of the molecule is CCCCc1ccc(N2C(=O)[C@H]3[C@@H](CC(N)=O)N[C@@]4(C(=O)Nc5c(Cl)cc(C)cc54)[C@H]3C2=O)cc1. The van der Waals surface area contributed by atoms with Crippen LogP contribution in [-0.2, 0) is 31.1 Å². The zero-order chi connectivity index (χ0) is 25.1. The first-order chi connectivity index (χ1) is 16.7. The zero-order valence-corrected chi connectivity index (χ0v) is 20.3. The molecular formula is C26H27ClN4O4. The smallest absolute Gasteiger partial charge is 0.250 e. The molecule has 0 aromatic heterocycles. The van der Waals surface area contributed by atoms with E-state index in [1.807, 2.05) is 19.1 Å². The van der Waals surface area contributed by atoms with E-state index in [-0.39, 0.29) is 6.42 Å². The minimum Gasteiger partial charge on any atom is -0.370 e. The van der Waals surface area contributed by atoms with Gasteiger partial charge >= 0.3 is 0 Å². The number of carbonyl (C=O) groups is 4. The third-order valence-corrected chi connectivity index (χ3v) is 7.65. The van der Waals surface area contributed by atoms with Gasteiger partial charge in [0.2, 0.25) is 23.6 Å². The molecule has 0 bridgehead atoms. The first kappa shape index (κ1) is 23.5. The highest BCUT2D eigenvalue weighted by Crippen LogP contribution is 2.55.